The highest BCUT2D eigenvalue weighted by atomic mass is 32.2. The van der Waals surface area contributed by atoms with Crippen LogP contribution in [0.3, 0.4) is 0 Å². The monoisotopic (exact) mass is 350 g/mol. The Labute approximate surface area is 122 Å². The fourth-order valence-corrected chi connectivity index (χ4v) is 2.62. The normalized spacial score (nSPS) is 13.4. The Morgan fingerprint density at radius 3 is 1.77 bits per heavy atom. The third kappa shape index (κ3) is 4.85. The maximum atomic E-state index is 12.6. The van der Waals surface area contributed by atoms with Crippen molar-refractivity contribution in [1.82, 2.24) is 4.72 Å². The van der Waals surface area contributed by atoms with Crippen LogP contribution in [0.15, 0.2) is 23.1 Å². The standard InChI is InChI=1S/C11H12F6N2O2S/c12-10(13,14)7-4-8(11(15,16)17)6-9(5-7)22(20,21)19-3-1-2-18/h4-6,19H,1-3,18H2. The van der Waals surface area contributed by atoms with Gasteiger partial charge in [0.15, 0.2) is 0 Å². The first kappa shape index (κ1) is 18.7. The van der Waals surface area contributed by atoms with Crippen LogP contribution in [0.2, 0.25) is 0 Å². The summed E-state index contributed by atoms with van der Waals surface area (Å²) in [5.74, 6) is 0. The molecule has 0 unspecified atom stereocenters. The molecule has 1 rings (SSSR count). The Kier molecular flexibility index (Phi) is 5.47. The number of nitrogens with two attached hydrogens (primary N) is 1. The molecule has 0 aromatic heterocycles. The van der Waals surface area contributed by atoms with Crippen LogP contribution in [0.25, 0.3) is 0 Å². The summed E-state index contributed by atoms with van der Waals surface area (Å²) in [4.78, 5) is -1.10. The van der Waals surface area contributed by atoms with E-state index in [9.17, 15) is 34.8 Å². The van der Waals surface area contributed by atoms with Crippen molar-refractivity contribution < 1.29 is 34.8 Å². The average molecular weight is 350 g/mol. The fourth-order valence-electron chi connectivity index (χ4n) is 1.47. The smallest absolute Gasteiger partial charge is 0.330 e. The minimum atomic E-state index is -5.11. The maximum absolute atomic E-state index is 12.6. The minimum Gasteiger partial charge on any atom is -0.330 e. The molecule has 0 aliphatic carbocycles. The molecule has 1 aromatic rings. The largest absolute Gasteiger partial charge is 0.416 e. The molecule has 0 spiro atoms. The van der Waals surface area contributed by atoms with Crippen LogP contribution in [0, 0.1) is 0 Å². The zero-order valence-electron chi connectivity index (χ0n) is 10.9. The van der Waals surface area contributed by atoms with Gasteiger partial charge in [0, 0.05) is 6.54 Å². The topological polar surface area (TPSA) is 72.2 Å². The summed E-state index contributed by atoms with van der Waals surface area (Å²) in [6, 6.07) is 0.166. The van der Waals surface area contributed by atoms with E-state index in [1.807, 2.05) is 4.72 Å². The molecule has 11 heteroatoms. The molecular formula is C11H12F6N2O2S. The number of benzene rings is 1. The number of hydrogen-bond acceptors (Lipinski definition) is 3. The van der Waals surface area contributed by atoms with Crippen LogP contribution in [0.1, 0.15) is 17.5 Å². The van der Waals surface area contributed by atoms with Crippen molar-refractivity contribution in [3.63, 3.8) is 0 Å². The van der Waals surface area contributed by atoms with Gasteiger partial charge in [0.25, 0.3) is 0 Å². The van der Waals surface area contributed by atoms with Crippen molar-refractivity contribution in [2.45, 2.75) is 23.7 Å². The number of halogens is 6. The predicted octanol–water partition coefficient (Wildman–Crippen LogP) is 2.35. The highest BCUT2D eigenvalue weighted by Gasteiger charge is 2.38. The maximum Gasteiger partial charge on any atom is 0.416 e. The molecule has 22 heavy (non-hydrogen) atoms. The summed E-state index contributed by atoms with van der Waals surface area (Å²) >= 11 is 0. The highest BCUT2D eigenvalue weighted by Crippen LogP contribution is 2.37. The lowest BCUT2D eigenvalue weighted by Crippen LogP contribution is -2.27. The van der Waals surface area contributed by atoms with E-state index in [0.717, 1.165) is 0 Å². The molecule has 0 aliphatic rings. The lowest BCUT2D eigenvalue weighted by atomic mass is 10.1. The second-order valence-electron chi connectivity index (χ2n) is 4.28. The van der Waals surface area contributed by atoms with Crippen LogP contribution >= 0.6 is 0 Å². The molecule has 0 saturated heterocycles. The van der Waals surface area contributed by atoms with Gasteiger partial charge in [-0.25, -0.2) is 13.1 Å². The Bertz CT molecular complexity index is 592. The first-order chi connectivity index (χ1) is 9.88. The summed E-state index contributed by atoms with van der Waals surface area (Å²) in [6.45, 7) is -0.0880. The van der Waals surface area contributed by atoms with Gasteiger partial charge in [0.05, 0.1) is 16.0 Å². The fraction of sp³-hybridized carbons (Fsp3) is 0.455. The molecule has 4 nitrogen and oxygen atoms in total. The van der Waals surface area contributed by atoms with Crippen LogP contribution in [0.4, 0.5) is 26.3 Å². The van der Waals surface area contributed by atoms with E-state index in [1.165, 1.54) is 0 Å². The predicted molar refractivity (Wildman–Crippen MR) is 65.3 cm³/mol. The highest BCUT2D eigenvalue weighted by molar-refractivity contribution is 7.89. The number of sulfonamides is 1. The number of hydrogen-bond donors (Lipinski definition) is 2. The molecule has 0 heterocycles. The zero-order valence-corrected chi connectivity index (χ0v) is 11.7. The molecule has 0 amide bonds. The lowest BCUT2D eigenvalue weighted by Gasteiger charge is -2.14. The molecule has 126 valence electrons. The summed E-state index contributed by atoms with van der Waals surface area (Å²) in [6.07, 6.45) is -10.0. The van der Waals surface area contributed by atoms with Crippen molar-refractivity contribution in [1.29, 1.82) is 0 Å². The van der Waals surface area contributed by atoms with Crippen LogP contribution < -0.4 is 10.5 Å². The number of nitrogens with one attached hydrogen (secondary N) is 1. The zero-order chi connectivity index (χ0) is 17.2. The second kappa shape index (κ2) is 6.42. The van der Waals surface area contributed by atoms with Gasteiger partial charge in [-0.2, -0.15) is 26.3 Å². The van der Waals surface area contributed by atoms with Gasteiger partial charge >= 0.3 is 12.4 Å². The first-order valence-electron chi connectivity index (χ1n) is 5.87. The van der Waals surface area contributed by atoms with E-state index >= 15 is 0 Å². The minimum absolute atomic E-state index is 0.110. The Balaban J connectivity index is 3.35. The van der Waals surface area contributed by atoms with Crippen LogP contribution in [-0.4, -0.2) is 21.5 Å². The second-order valence-corrected chi connectivity index (χ2v) is 6.05. The quantitative estimate of drug-likeness (QED) is 0.633. The van der Waals surface area contributed by atoms with Gasteiger partial charge in [0.1, 0.15) is 0 Å². The average Bonchev–Trinajstić information content (AvgIpc) is 2.36. The van der Waals surface area contributed by atoms with E-state index in [-0.39, 0.29) is 37.7 Å². The molecule has 3 N–H and O–H groups in total. The summed E-state index contributed by atoms with van der Waals surface area (Å²) in [7, 11) is -4.50. The van der Waals surface area contributed by atoms with Crippen molar-refractivity contribution in [3.05, 3.63) is 29.3 Å². The molecule has 0 atom stereocenters. The first-order valence-corrected chi connectivity index (χ1v) is 7.35. The summed E-state index contributed by atoms with van der Waals surface area (Å²) < 4.78 is 101. The third-order valence-corrected chi connectivity index (χ3v) is 3.98. The van der Waals surface area contributed by atoms with E-state index in [0.29, 0.717) is 0 Å². The van der Waals surface area contributed by atoms with E-state index < -0.39 is 38.4 Å². The summed E-state index contributed by atoms with van der Waals surface area (Å²) in [5, 5.41) is 0. The molecule has 0 fully saturated rings. The third-order valence-electron chi connectivity index (χ3n) is 2.54. The van der Waals surface area contributed by atoms with E-state index in [1.54, 1.807) is 0 Å². The van der Waals surface area contributed by atoms with Crippen LogP contribution in [0.5, 0.6) is 0 Å². The van der Waals surface area contributed by atoms with Gasteiger partial charge < -0.3 is 5.73 Å². The van der Waals surface area contributed by atoms with Crippen molar-refractivity contribution in [2.75, 3.05) is 13.1 Å². The Morgan fingerprint density at radius 2 is 1.41 bits per heavy atom. The van der Waals surface area contributed by atoms with Crippen molar-refractivity contribution >= 4 is 10.0 Å². The molecule has 1 aromatic carbocycles. The van der Waals surface area contributed by atoms with Gasteiger partial charge in [-0.1, -0.05) is 0 Å². The lowest BCUT2D eigenvalue weighted by molar-refractivity contribution is -0.143. The number of alkyl halides is 6. The van der Waals surface area contributed by atoms with Gasteiger partial charge in [-0.15, -0.1) is 0 Å². The molecular weight excluding hydrogens is 338 g/mol. The van der Waals surface area contributed by atoms with Crippen LogP contribution in [-0.2, 0) is 22.4 Å². The molecule has 0 saturated carbocycles. The molecule has 0 bridgehead atoms. The van der Waals surface area contributed by atoms with E-state index in [2.05, 4.69) is 0 Å². The van der Waals surface area contributed by atoms with Gasteiger partial charge in [0.2, 0.25) is 10.0 Å². The Morgan fingerprint density at radius 1 is 0.955 bits per heavy atom. The molecule has 0 radical (unpaired) electrons. The number of rotatable bonds is 5. The van der Waals surface area contributed by atoms with E-state index in [4.69, 9.17) is 5.73 Å². The van der Waals surface area contributed by atoms with Crippen molar-refractivity contribution in [2.24, 2.45) is 5.73 Å². The Hall–Kier alpha value is -1.33. The summed E-state index contributed by atoms with van der Waals surface area (Å²) in [5.41, 5.74) is 1.74. The van der Waals surface area contributed by atoms with Gasteiger partial charge in [-0.05, 0) is 31.2 Å². The SMILES string of the molecule is NCCCNS(=O)(=O)c1cc(C(F)(F)F)cc(C(F)(F)F)c1. The van der Waals surface area contributed by atoms with Crippen molar-refractivity contribution in [3.8, 4) is 0 Å². The molecule has 0 aliphatic heterocycles. The van der Waals surface area contributed by atoms with Gasteiger partial charge in [-0.3, -0.25) is 0 Å².